The Labute approximate surface area is 157 Å². The lowest BCUT2D eigenvalue weighted by Crippen LogP contribution is -2.28. The molecule has 0 aliphatic heterocycles. The number of methoxy groups -OCH3 is 3. The third-order valence-corrected chi connectivity index (χ3v) is 4.10. The van der Waals surface area contributed by atoms with Crippen LogP contribution >= 0.6 is 0 Å². The second-order valence-corrected chi connectivity index (χ2v) is 5.93. The van der Waals surface area contributed by atoms with Crippen molar-refractivity contribution in [1.82, 2.24) is 5.32 Å². The van der Waals surface area contributed by atoms with Crippen LogP contribution in [0.5, 0.6) is 17.2 Å². The minimum absolute atomic E-state index is 0.0793. The van der Waals surface area contributed by atoms with Crippen molar-refractivity contribution < 1.29 is 28.9 Å². The molecule has 0 radical (unpaired) electrons. The smallest absolute Gasteiger partial charge is 0.335 e. The molecule has 7 nitrogen and oxygen atoms in total. The number of carbonyl (C=O) groups excluding carboxylic acids is 1. The molecular weight excluding hydrogens is 350 g/mol. The summed E-state index contributed by atoms with van der Waals surface area (Å²) in [6, 6.07) is 9.56. The Bertz CT molecular complexity index is 808. The van der Waals surface area contributed by atoms with Gasteiger partial charge in [-0.2, -0.15) is 0 Å². The molecule has 0 saturated carbocycles. The molecule has 0 spiro atoms. The van der Waals surface area contributed by atoms with Crippen molar-refractivity contribution in [2.45, 2.75) is 19.4 Å². The first-order chi connectivity index (χ1) is 12.9. The van der Waals surface area contributed by atoms with Crippen molar-refractivity contribution in [2.24, 2.45) is 0 Å². The summed E-state index contributed by atoms with van der Waals surface area (Å²) in [5.41, 5.74) is 1.57. The van der Waals surface area contributed by atoms with E-state index < -0.39 is 5.97 Å². The van der Waals surface area contributed by atoms with Gasteiger partial charge in [0.05, 0.1) is 39.4 Å². The molecule has 0 fully saturated rings. The van der Waals surface area contributed by atoms with E-state index in [-0.39, 0.29) is 23.9 Å². The van der Waals surface area contributed by atoms with Crippen LogP contribution in [0.2, 0.25) is 0 Å². The number of benzene rings is 2. The summed E-state index contributed by atoms with van der Waals surface area (Å²) in [6.07, 6.45) is 0.0793. The van der Waals surface area contributed by atoms with E-state index in [1.165, 1.54) is 33.5 Å². The Balaban J connectivity index is 2.14. The van der Waals surface area contributed by atoms with E-state index in [0.29, 0.717) is 22.8 Å². The molecule has 144 valence electrons. The fourth-order valence-corrected chi connectivity index (χ4v) is 2.73. The number of rotatable bonds is 8. The molecule has 2 N–H and O–H groups in total. The number of carboxylic acids is 1. The lowest BCUT2D eigenvalue weighted by Gasteiger charge is -2.19. The van der Waals surface area contributed by atoms with E-state index in [0.717, 1.165) is 5.56 Å². The zero-order valence-electron chi connectivity index (χ0n) is 15.7. The van der Waals surface area contributed by atoms with Crippen LogP contribution in [-0.2, 0) is 11.2 Å². The Morgan fingerprint density at radius 1 is 1.04 bits per heavy atom. The minimum atomic E-state index is -1.02. The van der Waals surface area contributed by atoms with E-state index in [9.17, 15) is 9.59 Å². The first kappa shape index (κ1) is 20.1. The molecular formula is C20H23NO6. The lowest BCUT2D eigenvalue weighted by atomic mass is 10.0. The van der Waals surface area contributed by atoms with Crippen molar-refractivity contribution in [3.8, 4) is 17.2 Å². The maximum atomic E-state index is 12.4. The van der Waals surface area contributed by atoms with E-state index in [2.05, 4.69) is 5.32 Å². The van der Waals surface area contributed by atoms with Crippen LogP contribution in [0, 0.1) is 0 Å². The molecule has 1 amide bonds. The molecule has 7 heteroatoms. The number of ether oxygens (including phenoxy) is 3. The van der Waals surface area contributed by atoms with Crippen LogP contribution in [0.4, 0.5) is 0 Å². The van der Waals surface area contributed by atoms with Crippen LogP contribution in [-0.4, -0.2) is 38.3 Å². The number of aromatic carboxylic acids is 1. The molecule has 2 aromatic carbocycles. The van der Waals surface area contributed by atoms with Gasteiger partial charge in [-0.25, -0.2) is 4.79 Å². The normalized spacial score (nSPS) is 11.4. The van der Waals surface area contributed by atoms with Crippen molar-refractivity contribution in [3.63, 3.8) is 0 Å². The van der Waals surface area contributed by atoms with Gasteiger partial charge in [0.2, 0.25) is 11.7 Å². The first-order valence-corrected chi connectivity index (χ1v) is 8.31. The maximum Gasteiger partial charge on any atom is 0.335 e. The molecule has 1 atom stereocenters. The van der Waals surface area contributed by atoms with Crippen LogP contribution in [0.15, 0.2) is 36.4 Å². The summed E-state index contributed by atoms with van der Waals surface area (Å²) in [6.45, 7) is 1.84. The largest absolute Gasteiger partial charge is 0.493 e. The van der Waals surface area contributed by atoms with Gasteiger partial charge in [-0.1, -0.05) is 12.1 Å². The highest BCUT2D eigenvalue weighted by atomic mass is 16.5. The van der Waals surface area contributed by atoms with Crippen molar-refractivity contribution in [3.05, 3.63) is 53.1 Å². The van der Waals surface area contributed by atoms with E-state index in [1.807, 2.05) is 6.92 Å². The van der Waals surface area contributed by atoms with Gasteiger partial charge in [0, 0.05) is 0 Å². The van der Waals surface area contributed by atoms with E-state index in [4.69, 9.17) is 19.3 Å². The number of carbonyl (C=O) groups is 2. The van der Waals surface area contributed by atoms with Crippen LogP contribution in [0.1, 0.15) is 34.5 Å². The number of hydrogen-bond acceptors (Lipinski definition) is 5. The third kappa shape index (κ3) is 4.91. The predicted octanol–water partition coefficient (Wildman–Crippen LogP) is 2.83. The molecule has 0 heterocycles. The van der Waals surface area contributed by atoms with Gasteiger partial charge in [0.15, 0.2) is 11.5 Å². The molecule has 1 unspecified atom stereocenters. The minimum Gasteiger partial charge on any atom is -0.493 e. The molecule has 0 bridgehead atoms. The topological polar surface area (TPSA) is 94.1 Å². The van der Waals surface area contributed by atoms with Gasteiger partial charge in [0.25, 0.3) is 0 Å². The summed E-state index contributed by atoms with van der Waals surface area (Å²) < 4.78 is 16.0. The molecule has 0 aliphatic rings. The summed E-state index contributed by atoms with van der Waals surface area (Å²) in [5, 5.41) is 11.9. The van der Waals surface area contributed by atoms with E-state index in [1.54, 1.807) is 24.3 Å². The monoisotopic (exact) mass is 373 g/mol. The second-order valence-electron chi connectivity index (χ2n) is 5.93. The average Bonchev–Trinajstić information content (AvgIpc) is 2.66. The highest BCUT2D eigenvalue weighted by Gasteiger charge is 2.18. The SMILES string of the molecule is COc1cc(C(C)NC(=O)Cc2cccc(C(=O)O)c2)cc(OC)c1OC. The van der Waals surface area contributed by atoms with Gasteiger partial charge < -0.3 is 24.6 Å². The predicted molar refractivity (Wildman–Crippen MR) is 99.8 cm³/mol. The molecule has 27 heavy (non-hydrogen) atoms. The Morgan fingerprint density at radius 2 is 1.67 bits per heavy atom. The van der Waals surface area contributed by atoms with Gasteiger partial charge in [0.1, 0.15) is 0 Å². The highest BCUT2D eigenvalue weighted by Crippen LogP contribution is 2.39. The number of carboxylic acid groups (broad SMARTS) is 1. The van der Waals surface area contributed by atoms with Crippen LogP contribution in [0.25, 0.3) is 0 Å². The van der Waals surface area contributed by atoms with Crippen molar-refractivity contribution in [1.29, 1.82) is 0 Å². The quantitative estimate of drug-likeness (QED) is 0.739. The standard InChI is InChI=1S/C20H23NO6/c1-12(15-10-16(25-2)19(27-4)17(11-15)26-3)21-18(22)9-13-6-5-7-14(8-13)20(23)24/h5-8,10-12H,9H2,1-4H3,(H,21,22)(H,23,24). The van der Waals surface area contributed by atoms with Gasteiger partial charge >= 0.3 is 5.97 Å². The zero-order valence-corrected chi connectivity index (χ0v) is 15.7. The van der Waals surface area contributed by atoms with Crippen molar-refractivity contribution >= 4 is 11.9 Å². The van der Waals surface area contributed by atoms with E-state index >= 15 is 0 Å². The molecule has 0 saturated heterocycles. The van der Waals surface area contributed by atoms with Crippen LogP contribution < -0.4 is 19.5 Å². The fraction of sp³-hybridized carbons (Fsp3) is 0.300. The summed E-state index contributed by atoms with van der Waals surface area (Å²) in [5.74, 6) is 0.235. The molecule has 0 aliphatic carbocycles. The third-order valence-electron chi connectivity index (χ3n) is 4.10. The van der Waals surface area contributed by atoms with Gasteiger partial charge in [-0.15, -0.1) is 0 Å². The lowest BCUT2D eigenvalue weighted by molar-refractivity contribution is -0.121. The van der Waals surface area contributed by atoms with Crippen molar-refractivity contribution in [2.75, 3.05) is 21.3 Å². The van der Waals surface area contributed by atoms with Gasteiger partial charge in [-0.05, 0) is 42.3 Å². The number of hydrogen-bond donors (Lipinski definition) is 2. The molecule has 0 aromatic heterocycles. The van der Waals surface area contributed by atoms with Gasteiger partial charge in [-0.3, -0.25) is 4.79 Å². The molecule has 2 rings (SSSR count). The Hall–Kier alpha value is -3.22. The summed E-state index contributed by atoms with van der Waals surface area (Å²) >= 11 is 0. The van der Waals surface area contributed by atoms with Crippen LogP contribution in [0.3, 0.4) is 0 Å². The summed E-state index contributed by atoms with van der Waals surface area (Å²) in [7, 11) is 4.58. The Kier molecular flexibility index (Phi) is 6.65. The molecule has 2 aromatic rings. The second kappa shape index (κ2) is 8.93. The zero-order chi connectivity index (χ0) is 20.0. The maximum absolute atomic E-state index is 12.4. The summed E-state index contributed by atoms with van der Waals surface area (Å²) in [4.78, 5) is 23.4. The Morgan fingerprint density at radius 3 is 2.19 bits per heavy atom. The fourth-order valence-electron chi connectivity index (χ4n) is 2.73. The average molecular weight is 373 g/mol. The number of nitrogens with one attached hydrogen (secondary N) is 1. The highest BCUT2D eigenvalue weighted by molar-refractivity contribution is 5.88. The number of amides is 1. The first-order valence-electron chi connectivity index (χ1n) is 8.31.